The first kappa shape index (κ1) is 21.7. The number of amides is 2. The smallest absolute Gasteiger partial charge is 0.325 e. The standard InChI is InChI=1S/C22H16BrClN2O4S/c1-2-30-20(27)12-25-11-13(17-9-14(23)6-7-18(17)25)8-19-21(28)26(22(29)31-19)16-5-3-4-15(24)10-16/h3-11H,2,12H2,1H3/b19-8-. The summed E-state index contributed by atoms with van der Waals surface area (Å²) < 4.78 is 7.69. The van der Waals surface area contributed by atoms with Gasteiger partial charge in [0.2, 0.25) is 0 Å². The lowest BCUT2D eigenvalue weighted by atomic mass is 10.1. The predicted octanol–water partition coefficient (Wildman–Crippen LogP) is 5.86. The molecule has 0 bridgehead atoms. The Morgan fingerprint density at radius 1 is 1.23 bits per heavy atom. The van der Waals surface area contributed by atoms with Crippen LogP contribution in [0.4, 0.5) is 10.5 Å². The van der Waals surface area contributed by atoms with Crippen LogP contribution in [0.25, 0.3) is 17.0 Å². The molecule has 1 aliphatic heterocycles. The summed E-state index contributed by atoms with van der Waals surface area (Å²) >= 11 is 10.3. The molecule has 1 fully saturated rings. The van der Waals surface area contributed by atoms with Crippen LogP contribution in [-0.4, -0.2) is 28.3 Å². The fraction of sp³-hybridized carbons (Fsp3) is 0.136. The molecule has 1 saturated heterocycles. The number of hydrogen-bond donors (Lipinski definition) is 0. The van der Waals surface area contributed by atoms with Crippen molar-refractivity contribution in [2.45, 2.75) is 13.5 Å². The van der Waals surface area contributed by atoms with E-state index in [4.69, 9.17) is 16.3 Å². The summed E-state index contributed by atoms with van der Waals surface area (Å²) in [5.74, 6) is -0.770. The third kappa shape index (κ3) is 4.42. The normalized spacial score (nSPS) is 15.3. The molecule has 2 heterocycles. The van der Waals surface area contributed by atoms with Crippen LogP contribution in [0, 0.1) is 0 Å². The number of carbonyl (C=O) groups excluding carboxylic acids is 3. The molecule has 158 valence electrons. The molecule has 2 amide bonds. The number of carbonyl (C=O) groups is 3. The first-order chi connectivity index (χ1) is 14.9. The molecule has 1 aromatic heterocycles. The number of imide groups is 1. The van der Waals surface area contributed by atoms with E-state index >= 15 is 0 Å². The van der Waals surface area contributed by atoms with Crippen LogP contribution >= 0.6 is 39.3 Å². The van der Waals surface area contributed by atoms with E-state index in [0.29, 0.717) is 22.2 Å². The molecule has 0 aliphatic carbocycles. The van der Waals surface area contributed by atoms with Crippen molar-refractivity contribution in [1.82, 2.24) is 4.57 Å². The number of nitrogens with zero attached hydrogens (tertiary/aromatic N) is 2. The van der Waals surface area contributed by atoms with E-state index in [1.54, 1.807) is 48.0 Å². The van der Waals surface area contributed by atoms with Crippen LogP contribution < -0.4 is 4.90 Å². The van der Waals surface area contributed by atoms with E-state index in [9.17, 15) is 14.4 Å². The Bertz CT molecular complexity index is 1250. The molecular formula is C22H16BrClN2O4S. The molecule has 0 saturated carbocycles. The molecule has 0 unspecified atom stereocenters. The van der Waals surface area contributed by atoms with Crippen molar-refractivity contribution < 1.29 is 19.1 Å². The first-order valence-corrected chi connectivity index (χ1v) is 11.3. The highest BCUT2D eigenvalue weighted by atomic mass is 79.9. The number of esters is 1. The largest absolute Gasteiger partial charge is 0.465 e. The van der Waals surface area contributed by atoms with Crippen LogP contribution in [-0.2, 0) is 20.9 Å². The van der Waals surface area contributed by atoms with Gasteiger partial charge in [0.1, 0.15) is 6.54 Å². The Morgan fingerprint density at radius 2 is 2.03 bits per heavy atom. The van der Waals surface area contributed by atoms with Crippen LogP contribution in [0.2, 0.25) is 5.02 Å². The Labute approximate surface area is 195 Å². The summed E-state index contributed by atoms with van der Waals surface area (Å²) in [4.78, 5) is 38.9. The highest BCUT2D eigenvalue weighted by Gasteiger charge is 2.36. The number of benzene rings is 2. The van der Waals surface area contributed by atoms with E-state index in [-0.39, 0.29) is 12.5 Å². The molecule has 3 aromatic rings. The number of halogens is 2. The van der Waals surface area contributed by atoms with Gasteiger partial charge in [0.05, 0.1) is 17.2 Å². The van der Waals surface area contributed by atoms with Gasteiger partial charge >= 0.3 is 5.97 Å². The zero-order valence-corrected chi connectivity index (χ0v) is 19.5. The minimum Gasteiger partial charge on any atom is -0.465 e. The lowest BCUT2D eigenvalue weighted by Crippen LogP contribution is -2.27. The minimum atomic E-state index is -0.418. The number of hydrogen-bond acceptors (Lipinski definition) is 5. The van der Waals surface area contributed by atoms with E-state index in [0.717, 1.165) is 37.6 Å². The molecule has 0 radical (unpaired) electrons. The van der Waals surface area contributed by atoms with Gasteiger partial charge in [-0.15, -0.1) is 0 Å². The van der Waals surface area contributed by atoms with Gasteiger partial charge in [-0.1, -0.05) is 33.6 Å². The van der Waals surface area contributed by atoms with Gasteiger partial charge in [0.25, 0.3) is 11.1 Å². The summed E-state index contributed by atoms with van der Waals surface area (Å²) in [7, 11) is 0. The molecule has 9 heteroatoms. The second-order valence-corrected chi connectivity index (χ2v) is 9.02. The molecule has 31 heavy (non-hydrogen) atoms. The van der Waals surface area contributed by atoms with Crippen molar-refractivity contribution in [3.05, 3.63) is 68.6 Å². The van der Waals surface area contributed by atoms with Crippen LogP contribution in [0.3, 0.4) is 0 Å². The third-order valence-electron chi connectivity index (χ3n) is 4.63. The van der Waals surface area contributed by atoms with E-state index < -0.39 is 11.1 Å². The quantitative estimate of drug-likeness (QED) is 0.312. The summed E-state index contributed by atoms with van der Waals surface area (Å²) in [6.45, 7) is 2.10. The molecule has 0 spiro atoms. The van der Waals surface area contributed by atoms with E-state index in [2.05, 4.69) is 15.9 Å². The minimum absolute atomic E-state index is 0.0454. The Balaban J connectivity index is 1.73. The zero-order valence-electron chi connectivity index (χ0n) is 16.3. The van der Waals surface area contributed by atoms with Crippen LogP contribution in [0.1, 0.15) is 12.5 Å². The summed E-state index contributed by atoms with van der Waals surface area (Å²) in [6.07, 6.45) is 3.45. The highest BCUT2D eigenvalue weighted by Crippen LogP contribution is 2.37. The number of aromatic nitrogens is 1. The monoisotopic (exact) mass is 518 g/mol. The number of ether oxygens (including phenoxy) is 1. The highest BCUT2D eigenvalue weighted by molar-refractivity contribution is 9.10. The van der Waals surface area contributed by atoms with Gasteiger partial charge in [-0.25, -0.2) is 4.90 Å². The second-order valence-electron chi connectivity index (χ2n) is 6.68. The van der Waals surface area contributed by atoms with E-state index in [1.807, 2.05) is 18.2 Å². The van der Waals surface area contributed by atoms with Crippen molar-refractivity contribution in [2.75, 3.05) is 11.5 Å². The lowest BCUT2D eigenvalue weighted by molar-refractivity contribution is -0.143. The SMILES string of the molecule is CCOC(=O)Cn1cc(/C=C2\SC(=O)N(c3cccc(Cl)c3)C2=O)c2cc(Br)ccc21. The number of fused-ring (bicyclic) bond motifs is 1. The fourth-order valence-electron chi connectivity index (χ4n) is 3.34. The maximum atomic E-state index is 13.0. The Kier molecular flexibility index (Phi) is 6.22. The zero-order chi connectivity index (χ0) is 22.1. The third-order valence-corrected chi connectivity index (χ3v) is 6.22. The molecule has 2 aromatic carbocycles. The fourth-order valence-corrected chi connectivity index (χ4v) is 4.71. The lowest BCUT2D eigenvalue weighted by Gasteiger charge is -2.12. The molecular weight excluding hydrogens is 504 g/mol. The van der Waals surface area contributed by atoms with E-state index in [1.165, 1.54) is 0 Å². The van der Waals surface area contributed by atoms with Gasteiger partial charge in [0, 0.05) is 32.2 Å². The van der Waals surface area contributed by atoms with Gasteiger partial charge < -0.3 is 9.30 Å². The second kappa shape index (κ2) is 8.90. The van der Waals surface area contributed by atoms with Crippen LogP contribution in [0.5, 0.6) is 0 Å². The summed E-state index contributed by atoms with van der Waals surface area (Å²) in [5.41, 5.74) is 1.96. The van der Waals surface area contributed by atoms with Gasteiger partial charge in [-0.05, 0) is 61.2 Å². The Morgan fingerprint density at radius 3 is 2.77 bits per heavy atom. The summed E-state index contributed by atoms with van der Waals surface area (Å²) in [5, 5.41) is 0.885. The molecule has 1 aliphatic rings. The molecule has 0 N–H and O–H groups in total. The van der Waals surface area contributed by atoms with Gasteiger partial charge in [-0.2, -0.15) is 0 Å². The van der Waals surface area contributed by atoms with Gasteiger partial charge in [-0.3, -0.25) is 14.4 Å². The maximum absolute atomic E-state index is 13.0. The van der Waals surface area contributed by atoms with Gasteiger partial charge in [0.15, 0.2) is 0 Å². The topological polar surface area (TPSA) is 68.6 Å². The van der Waals surface area contributed by atoms with Crippen LogP contribution in [0.15, 0.2) is 58.0 Å². The number of rotatable bonds is 5. The molecule has 4 rings (SSSR count). The average Bonchev–Trinajstić information content (AvgIpc) is 3.18. The van der Waals surface area contributed by atoms with Crippen molar-refractivity contribution >= 4 is 79.1 Å². The van der Waals surface area contributed by atoms with Crippen molar-refractivity contribution in [2.24, 2.45) is 0 Å². The summed E-state index contributed by atoms with van der Waals surface area (Å²) in [6, 6.07) is 12.3. The Hall–Kier alpha value is -2.55. The average molecular weight is 520 g/mol. The number of thioether (sulfide) groups is 1. The van der Waals surface area contributed by atoms with Crippen molar-refractivity contribution in [1.29, 1.82) is 0 Å². The molecule has 6 nitrogen and oxygen atoms in total. The molecule has 0 atom stereocenters. The first-order valence-electron chi connectivity index (χ1n) is 9.35. The predicted molar refractivity (Wildman–Crippen MR) is 126 cm³/mol. The number of anilines is 1. The maximum Gasteiger partial charge on any atom is 0.325 e. The van der Waals surface area contributed by atoms with Crippen molar-refractivity contribution in [3.63, 3.8) is 0 Å². The van der Waals surface area contributed by atoms with Crippen molar-refractivity contribution in [3.8, 4) is 0 Å².